The lowest BCUT2D eigenvalue weighted by Crippen LogP contribution is -2.33. The summed E-state index contributed by atoms with van der Waals surface area (Å²) >= 11 is 2.79. The number of thiophene rings is 1. The minimum Gasteiger partial charge on any atom is -0.497 e. The van der Waals surface area contributed by atoms with Crippen molar-refractivity contribution in [3.05, 3.63) is 45.1 Å². The molecule has 0 saturated carbocycles. The van der Waals surface area contributed by atoms with Gasteiger partial charge < -0.3 is 4.74 Å². The number of likely N-dealkylation sites (tertiary alicyclic amines) is 1. The van der Waals surface area contributed by atoms with Crippen LogP contribution in [0.1, 0.15) is 36.1 Å². The highest BCUT2D eigenvalue weighted by molar-refractivity contribution is 7.99. The van der Waals surface area contributed by atoms with E-state index in [9.17, 15) is 14.4 Å². The number of carbonyl (C=O) groups excluding carboxylic acids is 2. The molecule has 0 spiro atoms. The lowest BCUT2D eigenvalue weighted by molar-refractivity contribution is -0.140. The third kappa shape index (κ3) is 3.73. The van der Waals surface area contributed by atoms with E-state index >= 15 is 0 Å². The summed E-state index contributed by atoms with van der Waals surface area (Å²) in [4.78, 5) is 46.5. The minimum atomic E-state index is -0.241. The number of hydrogen-bond acceptors (Lipinski definition) is 7. The van der Waals surface area contributed by atoms with Gasteiger partial charge in [-0.3, -0.25) is 23.9 Å². The molecule has 2 aliphatic rings. The number of aryl methyl sites for hydroxylation is 2. The van der Waals surface area contributed by atoms with Crippen molar-refractivity contribution in [3.63, 3.8) is 0 Å². The normalized spacial score (nSPS) is 15.9. The first-order chi connectivity index (χ1) is 15.6. The molecule has 0 atom stereocenters. The maximum Gasteiger partial charge on any atom is 0.267 e. The molecule has 2 amide bonds. The largest absolute Gasteiger partial charge is 0.497 e. The van der Waals surface area contributed by atoms with E-state index in [1.54, 1.807) is 29.1 Å². The summed E-state index contributed by atoms with van der Waals surface area (Å²) in [6, 6.07) is 7.29. The molecule has 0 bridgehead atoms. The monoisotopic (exact) mass is 469 g/mol. The van der Waals surface area contributed by atoms with Gasteiger partial charge in [-0.25, -0.2) is 4.98 Å². The zero-order valence-electron chi connectivity index (χ0n) is 17.8. The molecule has 1 aliphatic carbocycles. The summed E-state index contributed by atoms with van der Waals surface area (Å²) in [5.41, 5.74) is 1.65. The second-order valence-corrected chi connectivity index (χ2v) is 9.98. The molecular weight excluding hydrogens is 446 g/mol. The molecule has 0 N–H and O–H groups in total. The van der Waals surface area contributed by atoms with E-state index in [0.717, 1.165) is 36.1 Å². The van der Waals surface area contributed by atoms with E-state index < -0.39 is 0 Å². The van der Waals surface area contributed by atoms with Crippen molar-refractivity contribution in [2.24, 2.45) is 0 Å². The number of nitrogens with zero attached hydrogens (tertiary/aromatic N) is 3. The summed E-state index contributed by atoms with van der Waals surface area (Å²) in [7, 11) is 1.58. The lowest BCUT2D eigenvalue weighted by atomic mass is 9.97. The molecule has 1 aromatic carbocycles. The summed E-state index contributed by atoms with van der Waals surface area (Å²) in [5.74, 6) is 0.319. The van der Waals surface area contributed by atoms with Crippen LogP contribution in [0.5, 0.6) is 5.75 Å². The fraction of sp³-hybridized carbons (Fsp3) is 0.391. The van der Waals surface area contributed by atoms with Gasteiger partial charge in [0.05, 0.1) is 23.9 Å². The van der Waals surface area contributed by atoms with Gasteiger partial charge in [0.1, 0.15) is 10.6 Å². The van der Waals surface area contributed by atoms with Crippen LogP contribution >= 0.6 is 23.1 Å². The Morgan fingerprint density at radius 3 is 2.81 bits per heavy atom. The Balaban J connectivity index is 1.60. The number of ether oxygens (including phenoxy) is 1. The summed E-state index contributed by atoms with van der Waals surface area (Å²) in [5, 5.41) is 1.15. The molecule has 1 fully saturated rings. The van der Waals surface area contributed by atoms with Gasteiger partial charge in [0.25, 0.3) is 5.56 Å². The van der Waals surface area contributed by atoms with E-state index in [1.165, 1.54) is 21.5 Å². The van der Waals surface area contributed by atoms with Crippen molar-refractivity contribution in [1.82, 2.24) is 14.5 Å². The highest BCUT2D eigenvalue weighted by Crippen LogP contribution is 2.35. The molecule has 166 valence electrons. The van der Waals surface area contributed by atoms with Gasteiger partial charge >= 0.3 is 0 Å². The van der Waals surface area contributed by atoms with Crippen LogP contribution in [-0.4, -0.2) is 45.7 Å². The lowest BCUT2D eigenvalue weighted by Gasteiger charge is -2.16. The number of benzene rings is 1. The van der Waals surface area contributed by atoms with Gasteiger partial charge in [-0.2, -0.15) is 0 Å². The zero-order valence-corrected chi connectivity index (χ0v) is 19.4. The molecule has 0 radical (unpaired) electrons. The predicted molar refractivity (Wildman–Crippen MR) is 125 cm³/mol. The fourth-order valence-corrected chi connectivity index (χ4v) is 6.57. The number of fused-ring (bicyclic) bond motifs is 3. The van der Waals surface area contributed by atoms with Crippen LogP contribution in [0.15, 0.2) is 34.2 Å². The first kappa shape index (κ1) is 21.2. The van der Waals surface area contributed by atoms with Crippen LogP contribution < -0.4 is 10.3 Å². The Kier molecular flexibility index (Phi) is 5.77. The molecule has 9 heteroatoms. The van der Waals surface area contributed by atoms with Gasteiger partial charge in [-0.05, 0) is 49.8 Å². The van der Waals surface area contributed by atoms with Crippen molar-refractivity contribution in [3.8, 4) is 11.4 Å². The number of thioether (sulfide) groups is 1. The molecule has 32 heavy (non-hydrogen) atoms. The average molecular weight is 470 g/mol. The molecule has 1 saturated heterocycles. The van der Waals surface area contributed by atoms with Crippen molar-refractivity contribution < 1.29 is 14.3 Å². The molecular formula is C23H23N3O4S2. The Bertz CT molecular complexity index is 1280. The summed E-state index contributed by atoms with van der Waals surface area (Å²) in [6.45, 7) is 0.463. The molecule has 5 rings (SSSR count). The highest BCUT2D eigenvalue weighted by Gasteiger charge is 2.28. The van der Waals surface area contributed by atoms with E-state index in [-0.39, 0.29) is 23.1 Å². The fourth-order valence-electron chi connectivity index (χ4n) is 4.38. The molecule has 3 aromatic rings. The van der Waals surface area contributed by atoms with Gasteiger partial charge in [-0.1, -0.05) is 17.8 Å². The summed E-state index contributed by atoms with van der Waals surface area (Å²) in [6.07, 6.45) is 5.19. The molecule has 3 heterocycles. The van der Waals surface area contributed by atoms with Gasteiger partial charge in [0.2, 0.25) is 11.8 Å². The highest BCUT2D eigenvalue weighted by atomic mass is 32.2. The number of carbonyl (C=O) groups is 2. The van der Waals surface area contributed by atoms with E-state index in [1.807, 2.05) is 18.2 Å². The quantitative estimate of drug-likeness (QED) is 0.420. The standard InChI is InChI=1S/C23H23N3O4S2/c1-30-15-7-4-6-14(12-15)26-22(29)20-16-8-2-3-9-17(16)32-21(20)24-23(26)31-13-19(28)25-11-5-10-18(25)27/h4,6-7,12H,2-3,5,8-11,13H2,1H3. The van der Waals surface area contributed by atoms with Crippen LogP contribution in [0, 0.1) is 0 Å². The van der Waals surface area contributed by atoms with E-state index in [4.69, 9.17) is 9.72 Å². The maximum atomic E-state index is 13.8. The topological polar surface area (TPSA) is 81.5 Å². The number of aromatic nitrogens is 2. The van der Waals surface area contributed by atoms with Crippen molar-refractivity contribution in [2.75, 3.05) is 19.4 Å². The first-order valence-electron chi connectivity index (χ1n) is 10.7. The zero-order chi connectivity index (χ0) is 22.2. The smallest absolute Gasteiger partial charge is 0.267 e. The number of methoxy groups -OCH3 is 1. The van der Waals surface area contributed by atoms with Crippen LogP contribution in [0.25, 0.3) is 15.9 Å². The molecule has 0 unspecified atom stereocenters. The molecule has 1 aliphatic heterocycles. The van der Waals surface area contributed by atoms with Crippen molar-refractivity contribution in [2.45, 2.75) is 43.7 Å². The number of rotatable bonds is 5. The van der Waals surface area contributed by atoms with E-state index in [2.05, 4.69) is 0 Å². The Morgan fingerprint density at radius 1 is 1.19 bits per heavy atom. The third-order valence-corrected chi connectivity index (χ3v) is 8.08. The second kappa shape index (κ2) is 8.71. The summed E-state index contributed by atoms with van der Waals surface area (Å²) < 4.78 is 6.94. The number of imide groups is 1. The number of hydrogen-bond donors (Lipinski definition) is 0. The van der Waals surface area contributed by atoms with E-state index in [0.29, 0.717) is 41.4 Å². The van der Waals surface area contributed by atoms with Gasteiger partial charge in [0, 0.05) is 23.9 Å². The van der Waals surface area contributed by atoms with Crippen LogP contribution in [-0.2, 0) is 22.4 Å². The predicted octanol–water partition coefficient (Wildman–Crippen LogP) is 3.58. The second-order valence-electron chi connectivity index (χ2n) is 7.96. The van der Waals surface area contributed by atoms with Crippen molar-refractivity contribution in [1.29, 1.82) is 0 Å². The van der Waals surface area contributed by atoms with Gasteiger partial charge in [0.15, 0.2) is 5.16 Å². The van der Waals surface area contributed by atoms with Crippen molar-refractivity contribution >= 4 is 45.1 Å². The van der Waals surface area contributed by atoms with Crippen LogP contribution in [0.2, 0.25) is 0 Å². The molecule has 7 nitrogen and oxygen atoms in total. The van der Waals surface area contributed by atoms with Crippen LogP contribution in [0.3, 0.4) is 0 Å². The van der Waals surface area contributed by atoms with Gasteiger partial charge in [-0.15, -0.1) is 11.3 Å². The Hall–Kier alpha value is -2.65. The van der Waals surface area contributed by atoms with Crippen LogP contribution in [0.4, 0.5) is 0 Å². The first-order valence-corrected chi connectivity index (χ1v) is 12.5. The Morgan fingerprint density at radius 2 is 2.03 bits per heavy atom. The third-order valence-electron chi connectivity index (χ3n) is 5.97. The SMILES string of the molecule is COc1cccc(-n2c(SCC(=O)N3CCCC3=O)nc3sc4c(c3c2=O)CCCC4)c1. The molecule has 2 aromatic heterocycles. The average Bonchev–Trinajstić information content (AvgIpc) is 3.40. The number of amides is 2. The maximum absolute atomic E-state index is 13.8. The minimum absolute atomic E-state index is 0.0543. The Labute approximate surface area is 193 Å².